The molecule has 5 aliphatic heterocycles. The van der Waals surface area contributed by atoms with Crippen molar-refractivity contribution in [2.75, 3.05) is 70.4 Å². The van der Waals surface area contributed by atoms with Crippen molar-refractivity contribution in [3.8, 4) is 0 Å². The number of nitrogens with zero attached hydrogens (tertiary/aromatic N) is 5. The second-order valence-electron chi connectivity index (χ2n) is 8.98. The highest BCUT2D eigenvalue weighted by Crippen LogP contribution is 2.45. The molecule has 1 amide bonds. The number of rotatable bonds is 4. The van der Waals surface area contributed by atoms with Crippen LogP contribution < -0.4 is 10.3 Å². The SMILES string of the molecule is CS1=C2C(=CN(c3ccccc3Cl)CC3N2CNN3C(=O)OCCN2CCOCC2)C2=C1C=NC2. The summed E-state index contributed by atoms with van der Waals surface area (Å²) in [5.74, 6) is 0. The van der Waals surface area contributed by atoms with E-state index in [2.05, 4.69) is 37.6 Å². The predicted molar refractivity (Wildman–Crippen MR) is 140 cm³/mol. The Morgan fingerprint density at radius 1 is 1.31 bits per heavy atom. The van der Waals surface area contributed by atoms with Crippen LogP contribution >= 0.6 is 22.1 Å². The summed E-state index contributed by atoms with van der Waals surface area (Å²) in [7, 11) is -0.122. The maximum atomic E-state index is 13.2. The zero-order valence-electron chi connectivity index (χ0n) is 19.7. The van der Waals surface area contributed by atoms with Crippen molar-refractivity contribution in [3.05, 3.63) is 51.5 Å². The van der Waals surface area contributed by atoms with Crippen LogP contribution in [0.5, 0.6) is 0 Å². The van der Waals surface area contributed by atoms with Crippen molar-refractivity contribution in [2.24, 2.45) is 4.99 Å². The van der Waals surface area contributed by atoms with E-state index < -0.39 is 0 Å². The molecule has 0 bridgehead atoms. The van der Waals surface area contributed by atoms with Gasteiger partial charge in [-0.1, -0.05) is 23.7 Å². The first-order valence-corrected chi connectivity index (χ1v) is 13.9. The Bertz CT molecular complexity index is 1160. The molecule has 11 heteroatoms. The second-order valence-corrected chi connectivity index (χ2v) is 11.2. The number of fused-ring (bicyclic) bond motifs is 4. The molecule has 2 unspecified atom stereocenters. The summed E-state index contributed by atoms with van der Waals surface area (Å²) in [6.07, 6.45) is 5.85. The highest BCUT2D eigenvalue weighted by atomic mass is 35.5. The number of hydrazine groups is 1. The molecule has 5 aliphatic rings. The van der Waals surface area contributed by atoms with E-state index in [9.17, 15) is 4.79 Å². The molecule has 0 saturated carbocycles. The number of benzene rings is 1. The number of amides is 1. The number of carbonyl (C=O) groups excluding carboxylic acids is 1. The molecule has 0 spiro atoms. The Kier molecular flexibility index (Phi) is 6.42. The molecule has 2 atom stereocenters. The van der Waals surface area contributed by atoms with Gasteiger partial charge in [-0.3, -0.25) is 9.89 Å². The van der Waals surface area contributed by atoms with E-state index in [1.165, 1.54) is 21.0 Å². The van der Waals surface area contributed by atoms with E-state index in [1.807, 2.05) is 30.5 Å². The minimum atomic E-state index is -0.357. The predicted octanol–water partition coefficient (Wildman–Crippen LogP) is 2.30. The fraction of sp³-hybridized carbons (Fsp3) is 0.458. The van der Waals surface area contributed by atoms with Gasteiger partial charge in [0.05, 0.1) is 48.7 Å². The van der Waals surface area contributed by atoms with Gasteiger partial charge in [0.15, 0.2) is 0 Å². The first kappa shape index (κ1) is 23.2. The Morgan fingerprint density at radius 3 is 2.97 bits per heavy atom. The highest BCUT2D eigenvalue weighted by Gasteiger charge is 2.45. The smallest absolute Gasteiger partial charge is 0.425 e. The van der Waals surface area contributed by atoms with E-state index in [4.69, 9.17) is 21.1 Å². The molecule has 0 aromatic heterocycles. The highest BCUT2D eigenvalue weighted by molar-refractivity contribution is 8.20. The minimum Gasteiger partial charge on any atom is -0.447 e. The van der Waals surface area contributed by atoms with Gasteiger partial charge in [0.25, 0.3) is 0 Å². The number of ether oxygens (including phenoxy) is 2. The lowest BCUT2D eigenvalue weighted by molar-refractivity contribution is 0.0213. The Morgan fingerprint density at radius 2 is 2.14 bits per heavy atom. The number of allylic oxidation sites excluding steroid dienone is 1. The van der Waals surface area contributed by atoms with Gasteiger partial charge in [-0.15, -0.1) is 10.5 Å². The van der Waals surface area contributed by atoms with Gasteiger partial charge in [0.2, 0.25) is 0 Å². The van der Waals surface area contributed by atoms with Crippen molar-refractivity contribution in [2.45, 2.75) is 6.17 Å². The number of hydrogen-bond donors (Lipinski definition) is 1. The average Bonchev–Trinajstić information content (AvgIpc) is 3.54. The van der Waals surface area contributed by atoms with Gasteiger partial charge in [0.1, 0.15) is 12.8 Å². The number of morpholine rings is 1. The normalized spacial score (nSPS) is 26.6. The third-order valence-corrected chi connectivity index (χ3v) is 9.37. The number of nitrogens with one attached hydrogen (secondary N) is 1. The van der Waals surface area contributed by atoms with Gasteiger partial charge in [-0.2, -0.15) is 0 Å². The molecule has 186 valence electrons. The zero-order chi connectivity index (χ0) is 23.9. The van der Waals surface area contributed by atoms with Crippen molar-refractivity contribution in [3.63, 3.8) is 0 Å². The van der Waals surface area contributed by atoms with Crippen molar-refractivity contribution in [1.82, 2.24) is 20.2 Å². The number of carbonyl (C=O) groups is 1. The molecule has 9 nitrogen and oxygen atoms in total. The molecule has 1 aromatic carbocycles. The van der Waals surface area contributed by atoms with E-state index in [1.54, 1.807) is 5.01 Å². The van der Waals surface area contributed by atoms with Crippen LogP contribution in [0.15, 0.2) is 51.5 Å². The van der Waals surface area contributed by atoms with Crippen LogP contribution in [0, 0.1) is 0 Å². The van der Waals surface area contributed by atoms with Crippen LogP contribution in [0.1, 0.15) is 0 Å². The third-order valence-electron chi connectivity index (χ3n) is 7.00. The van der Waals surface area contributed by atoms with E-state index in [0.29, 0.717) is 37.9 Å². The van der Waals surface area contributed by atoms with Crippen LogP contribution in [0.3, 0.4) is 0 Å². The van der Waals surface area contributed by atoms with E-state index in [-0.39, 0.29) is 22.7 Å². The monoisotopic (exact) mass is 516 g/mol. The summed E-state index contributed by atoms with van der Waals surface area (Å²) in [6.45, 7) is 6.05. The van der Waals surface area contributed by atoms with Gasteiger partial charge >= 0.3 is 6.09 Å². The second kappa shape index (κ2) is 9.68. The quantitative estimate of drug-likeness (QED) is 0.616. The van der Waals surface area contributed by atoms with E-state index in [0.717, 1.165) is 32.0 Å². The summed E-state index contributed by atoms with van der Waals surface area (Å²) in [4.78, 5) is 27.0. The topological polar surface area (TPSA) is 72.9 Å². The fourth-order valence-electron chi connectivity index (χ4n) is 5.19. The molecule has 0 radical (unpaired) electrons. The van der Waals surface area contributed by atoms with Crippen molar-refractivity contribution in [1.29, 1.82) is 0 Å². The largest absolute Gasteiger partial charge is 0.447 e. The lowest BCUT2D eigenvalue weighted by Gasteiger charge is -2.31. The van der Waals surface area contributed by atoms with Crippen LogP contribution in [-0.4, -0.2) is 104 Å². The van der Waals surface area contributed by atoms with Gasteiger partial charge < -0.3 is 14.4 Å². The molecule has 35 heavy (non-hydrogen) atoms. The lowest BCUT2D eigenvalue weighted by Crippen LogP contribution is -2.51. The lowest BCUT2D eigenvalue weighted by atomic mass is 10.1. The number of para-hydroxylation sites is 1. The summed E-state index contributed by atoms with van der Waals surface area (Å²) in [5, 5.41) is 2.32. The molecule has 1 aromatic rings. The first-order chi connectivity index (χ1) is 17.1. The standard InChI is InChI=1S/C24H29ClN6O3S/c1-35-21-13-26-12-17(21)18-14-29(20-5-3-2-4-19(20)25)15-22-30(23(18)35)16-27-31(22)24(32)34-11-8-28-6-9-33-10-7-28/h2-5,13-14,22,27H,6-12,15-16H2,1H3. The number of halogens is 1. The molecule has 1 N–H and O–H groups in total. The fourth-order valence-corrected chi connectivity index (χ4v) is 7.46. The van der Waals surface area contributed by atoms with Crippen LogP contribution in [0.2, 0.25) is 5.02 Å². The Hall–Kier alpha value is -2.21. The van der Waals surface area contributed by atoms with Gasteiger partial charge in [0, 0.05) is 42.5 Å². The van der Waals surface area contributed by atoms with E-state index >= 15 is 0 Å². The maximum absolute atomic E-state index is 13.2. The Labute approximate surface area is 212 Å². The Balaban J connectivity index is 1.27. The summed E-state index contributed by atoms with van der Waals surface area (Å²) in [6, 6.07) is 7.83. The molecule has 2 fully saturated rings. The molecule has 6 rings (SSSR count). The first-order valence-electron chi connectivity index (χ1n) is 11.9. The van der Waals surface area contributed by atoms with Crippen LogP contribution in [0.25, 0.3) is 0 Å². The summed E-state index contributed by atoms with van der Waals surface area (Å²) < 4.78 is 11.1. The number of aliphatic imine (C=N–C) groups is 1. The zero-order valence-corrected chi connectivity index (χ0v) is 21.2. The van der Waals surface area contributed by atoms with Crippen LogP contribution in [0.4, 0.5) is 10.5 Å². The number of hydrogen-bond acceptors (Lipinski definition) is 8. The van der Waals surface area contributed by atoms with Gasteiger partial charge in [-0.05, 0) is 24.0 Å². The maximum Gasteiger partial charge on any atom is 0.425 e. The van der Waals surface area contributed by atoms with Crippen molar-refractivity contribution >= 4 is 45.1 Å². The number of anilines is 1. The van der Waals surface area contributed by atoms with Gasteiger partial charge in [-0.25, -0.2) is 20.1 Å². The summed E-state index contributed by atoms with van der Waals surface area (Å²) in [5.41, 5.74) is 6.68. The third kappa shape index (κ3) is 4.22. The molecule has 2 saturated heterocycles. The molecular weight excluding hydrogens is 488 g/mol. The minimum absolute atomic E-state index is 0.122. The molecular formula is C24H29ClN6O3S. The average molecular weight is 517 g/mol. The summed E-state index contributed by atoms with van der Waals surface area (Å²) >= 11 is 6.62. The van der Waals surface area contributed by atoms with Crippen molar-refractivity contribution < 1.29 is 14.3 Å². The molecule has 0 aliphatic carbocycles. The van der Waals surface area contributed by atoms with Crippen LogP contribution in [-0.2, 0) is 9.47 Å². The molecule has 5 heterocycles.